The van der Waals surface area contributed by atoms with E-state index in [2.05, 4.69) is 4.98 Å². The third-order valence-corrected chi connectivity index (χ3v) is 8.05. The minimum Gasteiger partial charge on any atom is -0.490 e. The molecule has 4 aromatic rings. The lowest BCUT2D eigenvalue weighted by molar-refractivity contribution is -0.139. The summed E-state index contributed by atoms with van der Waals surface area (Å²) in [4.78, 5) is 29.4. The number of likely N-dealkylation sites (tertiary alicyclic amines) is 1. The molecule has 0 aliphatic carbocycles. The monoisotopic (exact) mass is 588 g/mol. The Hall–Kier alpha value is -4.26. The highest BCUT2D eigenvalue weighted by atomic mass is 32.1. The smallest absolute Gasteiger partial charge is 0.416 e. The van der Waals surface area contributed by atoms with E-state index in [0.29, 0.717) is 54.1 Å². The number of carbonyl (C=O) groups is 2. The minimum absolute atomic E-state index is 0.0621. The summed E-state index contributed by atoms with van der Waals surface area (Å²) in [6.07, 6.45) is -3.16. The second kappa shape index (κ2) is 11.3. The summed E-state index contributed by atoms with van der Waals surface area (Å²) >= 11 is 1.03. The van der Waals surface area contributed by atoms with Crippen molar-refractivity contribution in [3.05, 3.63) is 70.9 Å². The number of carboxylic acid groups (broad SMARTS) is 1. The van der Waals surface area contributed by atoms with E-state index in [0.717, 1.165) is 17.4 Å². The molecule has 0 saturated carbocycles. The van der Waals surface area contributed by atoms with Gasteiger partial charge in [-0.25, -0.2) is 9.78 Å². The van der Waals surface area contributed by atoms with Crippen LogP contribution < -0.4 is 15.2 Å². The standard InChI is InChI=1S/C28H27F3N4O5S/c1-16(19-6-2-3-7-20(19)28(29,30)31)39-23-14-24(41-25(23)26(32)36)35-15-33-21-9-8-18(13-22(21)35)40-17-5-4-11-34(12-10-17)27(37)38/h2-3,6-9,13-17H,4-5,10-12H2,1H3,(H2,32,36)(H,37,38)/t16-,17+/m1/s1. The van der Waals surface area contributed by atoms with E-state index < -0.39 is 29.8 Å². The molecule has 1 aliphatic heterocycles. The van der Waals surface area contributed by atoms with E-state index in [1.807, 2.05) is 0 Å². The topological polar surface area (TPSA) is 120 Å². The lowest BCUT2D eigenvalue weighted by Gasteiger charge is -2.19. The third-order valence-electron chi connectivity index (χ3n) is 6.92. The molecule has 0 bridgehead atoms. The number of hydrogen-bond donors (Lipinski definition) is 2. The Morgan fingerprint density at radius 2 is 1.93 bits per heavy atom. The maximum Gasteiger partial charge on any atom is 0.416 e. The highest BCUT2D eigenvalue weighted by Gasteiger charge is 2.35. The molecule has 3 heterocycles. The Bertz CT molecular complexity index is 1580. The lowest BCUT2D eigenvalue weighted by atomic mass is 10.0. The summed E-state index contributed by atoms with van der Waals surface area (Å²) in [5, 5.41) is 9.80. The van der Waals surface area contributed by atoms with Gasteiger partial charge in [-0.1, -0.05) is 18.2 Å². The van der Waals surface area contributed by atoms with Crippen LogP contribution in [0.1, 0.15) is 53.1 Å². The molecule has 1 aliphatic rings. The van der Waals surface area contributed by atoms with Gasteiger partial charge in [0.15, 0.2) is 0 Å². The molecule has 0 radical (unpaired) electrons. The van der Waals surface area contributed by atoms with Crippen LogP contribution in [-0.4, -0.2) is 50.8 Å². The van der Waals surface area contributed by atoms with Crippen LogP contribution in [0, 0.1) is 0 Å². The predicted molar refractivity (Wildman–Crippen MR) is 146 cm³/mol. The van der Waals surface area contributed by atoms with E-state index in [-0.39, 0.29) is 22.3 Å². The SMILES string of the molecule is C[C@@H](Oc1cc(-n2cnc3ccc(O[C@H]4CCCN(C(=O)O)CC4)cc32)sc1C(N)=O)c1ccccc1C(F)(F)F. The first-order valence-electron chi connectivity index (χ1n) is 12.9. The van der Waals surface area contributed by atoms with Crippen LogP contribution in [0.3, 0.4) is 0 Å². The molecule has 2 aromatic carbocycles. The molecule has 216 valence electrons. The van der Waals surface area contributed by atoms with Gasteiger partial charge in [0.2, 0.25) is 0 Å². The zero-order valence-electron chi connectivity index (χ0n) is 21.9. The van der Waals surface area contributed by atoms with Crippen molar-refractivity contribution in [1.82, 2.24) is 14.5 Å². The number of ether oxygens (including phenoxy) is 2. The quantitative estimate of drug-likeness (QED) is 0.263. The highest BCUT2D eigenvalue weighted by molar-refractivity contribution is 7.16. The van der Waals surface area contributed by atoms with E-state index in [1.165, 1.54) is 30.0 Å². The Kier molecular flexibility index (Phi) is 7.80. The number of halogens is 3. The number of primary amides is 1. The fraction of sp³-hybridized carbons (Fsp3) is 0.321. The number of rotatable bonds is 7. The van der Waals surface area contributed by atoms with Crippen molar-refractivity contribution in [3.63, 3.8) is 0 Å². The number of amides is 2. The van der Waals surface area contributed by atoms with E-state index in [4.69, 9.17) is 15.2 Å². The Labute approximate surface area is 236 Å². The van der Waals surface area contributed by atoms with Crippen molar-refractivity contribution in [2.24, 2.45) is 5.73 Å². The molecule has 2 amide bonds. The van der Waals surface area contributed by atoms with Gasteiger partial charge in [-0.05, 0) is 38.0 Å². The maximum absolute atomic E-state index is 13.6. The van der Waals surface area contributed by atoms with Crippen molar-refractivity contribution in [2.45, 2.75) is 44.6 Å². The van der Waals surface area contributed by atoms with Crippen LogP contribution in [0.4, 0.5) is 18.0 Å². The number of thiophene rings is 1. The van der Waals surface area contributed by atoms with Gasteiger partial charge in [-0.15, -0.1) is 11.3 Å². The molecule has 1 saturated heterocycles. The molecular formula is C28H27F3N4O5S. The van der Waals surface area contributed by atoms with E-state index >= 15 is 0 Å². The van der Waals surface area contributed by atoms with Gasteiger partial charge in [-0.3, -0.25) is 9.36 Å². The zero-order valence-corrected chi connectivity index (χ0v) is 22.7. The minimum atomic E-state index is -4.57. The van der Waals surface area contributed by atoms with Crippen LogP contribution in [0.5, 0.6) is 11.5 Å². The molecule has 1 fully saturated rings. The second-order valence-corrected chi connectivity index (χ2v) is 10.7. The van der Waals surface area contributed by atoms with Gasteiger partial charge in [-0.2, -0.15) is 13.2 Å². The van der Waals surface area contributed by atoms with Gasteiger partial charge < -0.3 is 25.2 Å². The first-order chi connectivity index (χ1) is 19.5. The molecule has 9 nitrogen and oxygen atoms in total. The Morgan fingerprint density at radius 3 is 2.66 bits per heavy atom. The summed E-state index contributed by atoms with van der Waals surface area (Å²) < 4.78 is 54.5. The predicted octanol–water partition coefficient (Wildman–Crippen LogP) is 6.26. The molecule has 2 aromatic heterocycles. The van der Waals surface area contributed by atoms with Crippen LogP contribution in [0.15, 0.2) is 54.9 Å². The molecule has 0 spiro atoms. The summed E-state index contributed by atoms with van der Waals surface area (Å²) in [7, 11) is 0. The van der Waals surface area contributed by atoms with E-state index in [1.54, 1.807) is 35.2 Å². The summed E-state index contributed by atoms with van der Waals surface area (Å²) in [5.41, 5.74) is 6.04. The molecule has 0 unspecified atom stereocenters. The molecule has 3 N–H and O–H groups in total. The Balaban J connectivity index is 1.41. The number of imidazole rings is 1. The zero-order chi connectivity index (χ0) is 29.3. The van der Waals surface area contributed by atoms with Crippen LogP contribution >= 0.6 is 11.3 Å². The molecule has 13 heteroatoms. The molecule has 41 heavy (non-hydrogen) atoms. The number of aromatic nitrogens is 2. The lowest BCUT2D eigenvalue weighted by Crippen LogP contribution is -2.30. The van der Waals surface area contributed by atoms with Crippen molar-refractivity contribution in [1.29, 1.82) is 0 Å². The number of alkyl halides is 3. The van der Waals surface area contributed by atoms with Gasteiger partial charge in [0.25, 0.3) is 5.91 Å². The average Bonchev–Trinajstić information content (AvgIpc) is 3.45. The van der Waals surface area contributed by atoms with Crippen LogP contribution in [-0.2, 0) is 6.18 Å². The van der Waals surface area contributed by atoms with Crippen molar-refractivity contribution in [2.75, 3.05) is 13.1 Å². The van der Waals surface area contributed by atoms with Crippen molar-refractivity contribution >= 4 is 34.4 Å². The van der Waals surface area contributed by atoms with E-state index in [9.17, 15) is 27.9 Å². The average molecular weight is 589 g/mol. The largest absolute Gasteiger partial charge is 0.490 e. The fourth-order valence-corrected chi connectivity index (χ4v) is 5.83. The molecular weight excluding hydrogens is 561 g/mol. The van der Waals surface area contributed by atoms with Gasteiger partial charge in [0.1, 0.15) is 39.9 Å². The van der Waals surface area contributed by atoms with Gasteiger partial charge in [0.05, 0.1) is 16.6 Å². The van der Waals surface area contributed by atoms with Crippen molar-refractivity contribution < 1.29 is 37.3 Å². The Morgan fingerprint density at radius 1 is 1.15 bits per heavy atom. The summed E-state index contributed by atoms with van der Waals surface area (Å²) in [6.45, 7) is 2.33. The summed E-state index contributed by atoms with van der Waals surface area (Å²) in [5.74, 6) is -0.129. The number of fused-ring (bicyclic) bond motifs is 1. The van der Waals surface area contributed by atoms with Gasteiger partial charge >= 0.3 is 12.3 Å². The highest BCUT2D eigenvalue weighted by Crippen LogP contribution is 2.39. The van der Waals surface area contributed by atoms with Crippen LogP contribution in [0.2, 0.25) is 0 Å². The summed E-state index contributed by atoms with van der Waals surface area (Å²) in [6, 6.07) is 12.0. The first kappa shape index (κ1) is 28.3. The number of benzene rings is 2. The normalized spacial score (nSPS) is 16.8. The van der Waals surface area contributed by atoms with Crippen molar-refractivity contribution in [3.8, 4) is 16.5 Å². The molecule has 5 rings (SSSR count). The number of nitrogens with two attached hydrogens (primary N) is 1. The third kappa shape index (κ3) is 6.09. The molecule has 2 atom stereocenters. The number of carbonyl (C=O) groups excluding carboxylic acids is 1. The first-order valence-corrected chi connectivity index (χ1v) is 13.7. The van der Waals surface area contributed by atoms with Gasteiger partial charge in [0, 0.05) is 37.2 Å². The fourth-order valence-electron chi connectivity index (χ4n) is 4.91. The number of nitrogens with zero attached hydrogens (tertiary/aromatic N) is 3. The maximum atomic E-state index is 13.6. The van der Waals surface area contributed by atoms with Crippen LogP contribution in [0.25, 0.3) is 16.0 Å². The number of hydrogen-bond acceptors (Lipinski definition) is 6. The second-order valence-electron chi connectivity index (χ2n) is 9.69.